The van der Waals surface area contributed by atoms with Crippen molar-refractivity contribution in [2.75, 3.05) is 6.61 Å². The molecule has 2 aromatic rings. The number of imidazole rings is 1. The van der Waals surface area contributed by atoms with Crippen molar-refractivity contribution in [3.05, 3.63) is 29.6 Å². The van der Waals surface area contributed by atoms with E-state index >= 15 is 0 Å². The van der Waals surface area contributed by atoms with E-state index in [1.165, 1.54) is 6.07 Å². The maximum Gasteiger partial charge on any atom is 0.416 e. The minimum Gasteiger partial charge on any atom is -0.396 e. The Morgan fingerprint density at radius 1 is 1.30 bits per heavy atom. The van der Waals surface area contributed by atoms with E-state index in [0.717, 1.165) is 12.1 Å². The monoisotopic (exact) mass is 286 g/mol. The summed E-state index contributed by atoms with van der Waals surface area (Å²) in [5, 5.41) is 8.90. The maximum atomic E-state index is 12.7. The standard InChI is InChI=1S/C14H17F3N2O/c1-9(2)19-12-6-5-10(14(15,16)17)8-11(12)18-13(19)4-3-7-20/h5-6,8-9,20H,3-4,7H2,1-2H3. The molecular formula is C14H17F3N2O. The molecule has 1 heterocycles. The Labute approximate surface area is 115 Å². The van der Waals surface area contributed by atoms with Gasteiger partial charge in [-0.2, -0.15) is 13.2 Å². The predicted octanol–water partition coefficient (Wildman–Crippen LogP) is 3.56. The van der Waals surface area contributed by atoms with Gasteiger partial charge in [-0.15, -0.1) is 0 Å². The van der Waals surface area contributed by atoms with Gasteiger partial charge in [-0.25, -0.2) is 4.98 Å². The lowest BCUT2D eigenvalue weighted by atomic mass is 10.2. The first-order chi connectivity index (χ1) is 9.34. The van der Waals surface area contributed by atoms with Gasteiger partial charge in [0.05, 0.1) is 16.6 Å². The number of hydrogen-bond donors (Lipinski definition) is 1. The van der Waals surface area contributed by atoms with Crippen LogP contribution in [0.3, 0.4) is 0 Å². The third kappa shape index (κ3) is 2.80. The Bertz CT molecular complexity index is 602. The SMILES string of the molecule is CC(C)n1c(CCCO)nc2cc(C(F)(F)F)ccc21. The average Bonchev–Trinajstić information content (AvgIpc) is 2.72. The molecule has 0 bridgehead atoms. The molecule has 0 radical (unpaired) electrons. The number of aromatic nitrogens is 2. The zero-order chi connectivity index (χ0) is 14.9. The lowest BCUT2D eigenvalue weighted by Crippen LogP contribution is -2.07. The molecule has 0 unspecified atom stereocenters. The van der Waals surface area contributed by atoms with Crippen LogP contribution in [0.1, 0.15) is 37.7 Å². The Hall–Kier alpha value is -1.56. The second-order valence-corrected chi connectivity index (χ2v) is 5.02. The lowest BCUT2D eigenvalue weighted by Gasteiger charge is -2.13. The van der Waals surface area contributed by atoms with Crippen molar-refractivity contribution < 1.29 is 18.3 Å². The fraction of sp³-hybridized carbons (Fsp3) is 0.500. The van der Waals surface area contributed by atoms with Crippen molar-refractivity contribution in [1.29, 1.82) is 0 Å². The van der Waals surface area contributed by atoms with Crippen LogP contribution in [0.5, 0.6) is 0 Å². The quantitative estimate of drug-likeness (QED) is 0.933. The van der Waals surface area contributed by atoms with E-state index in [2.05, 4.69) is 4.98 Å². The number of halogens is 3. The van der Waals surface area contributed by atoms with Crippen LogP contribution in [0.4, 0.5) is 13.2 Å². The van der Waals surface area contributed by atoms with E-state index in [9.17, 15) is 13.2 Å². The molecule has 0 saturated heterocycles. The van der Waals surface area contributed by atoms with E-state index in [1.807, 2.05) is 18.4 Å². The van der Waals surface area contributed by atoms with Crippen LogP contribution in [0, 0.1) is 0 Å². The summed E-state index contributed by atoms with van der Waals surface area (Å²) in [6.07, 6.45) is -3.27. The highest BCUT2D eigenvalue weighted by Crippen LogP contribution is 2.32. The van der Waals surface area contributed by atoms with Crippen LogP contribution in [0.2, 0.25) is 0 Å². The van der Waals surface area contributed by atoms with Crippen molar-refractivity contribution in [3.8, 4) is 0 Å². The molecule has 0 spiro atoms. The smallest absolute Gasteiger partial charge is 0.396 e. The predicted molar refractivity (Wildman–Crippen MR) is 70.5 cm³/mol. The largest absolute Gasteiger partial charge is 0.416 e. The Morgan fingerprint density at radius 3 is 2.55 bits per heavy atom. The molecule has 110 valence electrons. The van der Waals surface area contributed by atoms with Crippen molar-refractivity contribution in [2.24, 2.45) is 0 Å². The fourth-order valence-electron chi connectivity index (χ4n) is 2.31. The summed E-state index contributed by atoms with van der Waals surface area (Å²) in [5.41, 5.74) is 0.356. The summed E-state index contributed by atoms with van der Waals surface area (Å²) in [5.74, 6) is 0.711. The molecule has 1 N–H and O–H groups in total. The van der Waals surface area contributed by atoms with Crippen molar-refractivity contribution in [1.82, 2.24) is 9.55 Å². The average molecular weight is 286 g/mol. The van der Waals surface area contributed by atoms with Crippen molar-refractivity contribution in [2.45, 2.75) is 38.9 Å². The molecule has 0 amide bonds. The van der Waals surface area contributed by atoms with Gasteiger partial charge in [0.25, 0.3) is 0 Å². The summed E-state index contributed by atoms with van der Waals surface area (Å²) >= 11 is 0. The second-order valence-electron chi connectivity index (χ2n) is 5.02. The Kier molecular flexibility index (Phi) is 4.04. The molecule has 0 atom stereocenters. The van der Waals surface area contributed by atoms with Gasteiger partial charge >= 0.3 is 6.18 Å². The van der Waals surface area contributed by atoms with Crippen LogP contribution >= 0.6 is 0 Å². The number of rotatable bonds is 4. The molecule has 20 heavy (non-hydrogen) atoms. The number of nitrogens with zero attached hydrogens (tertiary/aromatic N) is 2. The Balaban J connectivity index is 2.55. The van der Waals surface area contributed by atoms with Crippen molar-refractivity contribution in [3.63, 3.8) is 0 Å². The van der Waals surface area contributed by atoms with E-state index in [0.29, 0.717) is 29.7 Å². The number of aliphatic hydroxyl groups excluding tert-OH is 1. The molecule has 2 rings (SSSR count). The van der Waals surface area contributed by atoms with Gasteiger partial charge in [0.15, 0.2) is 0 Å². The molecular weight excluding hydrogens is 269 g/mol. The van der Waals surface area contributed by atoms with Gasteiger partial charge in [0.1, 0.15) is 5.82 Å². The third-order valence-corrected chi connectivity index (χ3v) is 3.16. The van der Waals surface area contributed by atoms with Gasteiger partial charge < -0.3 is 9.67 Å². The molecule has 1 aromatic carbocycles. The number of hydrogen-bond acceptors (Lipinski definition) is 2. The fourth-order valence-corrected chi connectivity index (χ4v) is 2.31. The zero-order valence-electron chi connectivity index (χ0n) is 11.4. The number of fused-ring (bicyclic) bond motifs is 1. The highest BCUT2D eigenvalue weighted by molar-refractivity contribution is 5.77. The van der Waals surface area contributed by atoms with Crippen LogP contribution in [-0.4, -0.2) is 21.3 Å². The molecule has 1 aromatic heterocycles. The van der Waals surface area contributed by atoms with E-state index < -0.39 is 11.7 Å². The molecule has 0 fully saturated rings. The van der Waals surface area contributed by atoms with Gasteiger partial charge in [-0.1, -0.05) is 0 Å². The van der Waals surface area contributed by atoms with Crippen LogP contribution in [0.15, 0.2) is 18.2 Å². The highest BCUT2D eigenvalue weighted by Gasteiger charge is 2.31. The molecule has 0 aliphatic carbocycles. The number of alkyl halides is 3. The maximum absolute atomic E-state index is 12.7. The van der Waals surface area contributed by atoms with Crippen LogP contribution in [-0.2, 0) is 12.6 Å². The third-order valence-electron chi connectivity index (χ3n) is 3.16. The number of benzene rings is 1. The second kappa shape index (κ2) is 5.44. The minimum absolute atomic E-state index is 0.0368. The van der Waals surface area contributed by atoms with Gasteiger partial charge in [-0.3, -0.25) is 0 Å². The first-order valence-electron chi connectivity index (χ1n) is 6.53. The summed E-state index contributed by atoms with van der Waals surface area (Å²) < 4.78 is 40.1. The molecule has 6 heteroatoms. The summed E-state index contributed by atoms with van der Waals surface area (Å²) in [6, 6.07) is 3.73. The first kappa shape index (κ1) is 14.8. The number of aliphatic hydroxyl groups is 1. The van der Waals surface area contributed by atoms with Gasteiger partial charge in [0.2, 0.25) is 0 Å². The van der Waals surface area contributed by atoms with Crippen LogP contribution < -0.4 is 0 Å². The molecule has 0 aliphatic heterocycles. The van der Waals surface area contributed by atoms with E-state index in [1.54, 1.807) is 0 Å². The summed E-state index contributed by atoms with van der Waals surface area (Å²) in [6.45, 7) is 3.96. The van der Waals surface area contributed by atoms with Crippen LogP contribution in [0.25, 0.3) is 11.0 Å². The first-order valence-corrected chi connectivity index (χ1v) is 6.53. The topological polar surface area (TPSA) is 38.0 Å². The summed E-state index contributed by atoms with van der Waals surface area (Å²) in [7, 11) is 0. The number of aryl methyl sites for hydroxylation is 1. The Morgan fingerprint density at radius 2 is 2.00 bits per heavy atom. The zero-order valence-corrected chi connectivity index (χ0v) is 11.4. The summed E-state index contributed by atoms with van der Waals surface area (Å²) in [4.78, 5) is 4.30. The van der Waals surface area contributed by atoms with Gasteiger partial charge in [-0.05, 0) is 38.5 Å². The lowest BCUT2D eigenvalue weighted by molar-refractivity contribution is -0.137. The van der Waals surface area contributed by atoms with E-state index in [4.69, 9.17) is 5.11 Å². The van der Waals surface area contributed by atoms with E-state index in [-0.39, 0.29) is 12.6 Å². The molecule has 0 saturated carbocycles. The van der Waals surface area contributed by atoms with Gasteiger partial charge in [0, 0.05) is 19.1 Å². The highest BCUT2D eigenvalue weighted by atomic mass is 19.4. The molecule has 3 nitrogen and oxygen atoms in total. The molecule has 0 aliphatic rings. The minimum atomic E-state index is -4.36. The normalized spacial score (nSPS) is 12.6. The van der Waals surface area contributed by atoms with Crippen molar-refractivity contribution >= 4 is 11.0 Å².